The van der Waals surface area contributed by atoms with Crippen LogP contribution in [-0.4, -0.2) is 80.0 Å². The Bertz CT molecular complexity index is 672. The maximum atomic E-state index is 11.1. The molecule has 0 aliphatic heterocycles. The van der Waals surface area contributed by atoms with Gasteiger partial charge < -0.3 is 18.9 Å². The lowest BCUT2D eigenvalue weighted by Crippen LogP contribution is -2.43. The topological polar surface area (TPSA) is 176 Å². The molecule has 0 atom stereocenters. The predicted octanol–water partition coefficient (Wildman–Crippen LogP) is -0.463. The van der Waals surface area contributed by atoms with Gasteiger partial charge in [0, 0.05) is 23.8 Å². The molecule has 0 fully saturated rings. The molecule has 168 valence electrons. The summed E-state index contributed by atoms with van der Waals surface area (Å²) < 4.78 is 36.8. The fraction of sp³-hybridized carbons (Fsp3) is 0.471. The van der Waals surface area contributed by atoms with Crippen LogP contribution in [0, 0.1) is 0 Å². The van der Waals surface area contributed by atoms with Gasteiger partial charge in [0.1, 0.15) is 13.2 Å². The summed E-state index contributed by atoms with van der Waals surface area (Å²) in [5, 5.41) is 7.60. The summed E-state index contributed by atoms with van der Waals surface area (Å²) >= 11 is 0. The van der Waals surface area contributed by atoms with Crippen molar-refractivity contribution in [3.63, 3.8) is 0 Å². The molecule has 0 spiro atoms. The zero-order valence-electron chi connectivity index (χ0n) is 17.0. The first-order valence-electron chi connectivity index (χ1n) is 8.18. The molecular weight excluding hydrogens is 406 g/mol. The Morgan fingerprint density at radius 1 is 1.21 bits per heavy atom. The van der Waals surface area contributed by atoms with Crippen LogP contribution in [0.3, 0.4) is 0 Å². The lowest BCUT2D eigenvalue weighted by atomic mass is 10.3. The molecule has 0 aromatic heterocycles. The minimum atomic E-state index is -4.15. The van der Waals surface area contributed by atoms with Crippen molar-refractivity contribution in [2.45, 2.75) is 13.3 Å². The molecular formula is C17H31N3O8S. The van der Waals surface area contributed by atoms with Gasteiger partial charge in [-0.25, -0.2) is 23.8 Å². The number of nitrogens with zero attached hydrogens (tertiary/aromatic N) is 1. The van der Waals surface area contributed by atoms with Crippen LogP contribution in [0.5, 0.6) is 0 Å². The van der Waals surface area contributed by atoms with Crippen LogP contribution in [0.25, 0.3) is 0 Å². The van der Waals surface area contributed by atoms with Crippen LogP contribution in [0.4, 0.5) is 0 Å². The first kappa shape index (κ1) is 31.2. The number of nitrogens with one attached hydrogen (secondary N) is 1. The molecule has 12 heteroatoms. The summed E-state index contributed by atoms with van der Waals surface area (Å²) in [5.74, 6) is 2.47. The van der Waals surface area contributed by atoms with E-state index in [9.17, 15) is 27.4 Å². The largest absolute Gasteiger partial charge is 0.748 e. The Balaban J connectivity index is -0.000000502. The van der Waals surface area contributed by atoms with Gasteiger partial charge in [0.2, 0.25) is 0 Å². The summed E-state index contributed by atoms with van der Waals surface area (Å²) in [4.78, 5) is 30.2. The van der Waals surface area contributed by atoms with E-state index in [0.717, 1.165) is 12.2 Å². The Morgan fingerprint density at radius 2 is 1.69 bits per heavy atom. The molecule has 0 aromatic rings. The van der Waals surface area contributed by atoms with Crippen LogP contribution in [-0.2, 0) is 29.2 Å². The number of aliphatic carboxylic acids is 1. The van der Waals surface area contributed by atoms with Gasteiger partial charge >= 0.3 is 11.9 Å². The Hall–Kier alpha value is -2.54. The average molecular weight is 438 g/mol. The number of quaternary nitrogens is 1. The number of carbonyl (C=O) groups is 3. The molecule has 0 aliphatic rings. The SMILES string of the molecule is C=C(C)C(=O)OCC[N+](C)(C)CCCS(=O)(=O)[O-].C=CC(=O)NN.C=CC(=O)O. The van der Waals surface area contributed by atoms with Crippen molar-refractivity contribution in [1.29, 1.82) is 0 Å². The van der Waals surface area contributed by atoms with Gasteiger partial charge in [0.15, 0.2) is 0 Å². The summed E-state index contributed by atoms with van der Waals surface area (Å²) in [6.45, 7) is 12.5. The zero-order valence-corrected chi connectivity index (χ0v) is 17.9. The third kappa shape index (κ3) is 27.8. The van der Waals surface area contributed by atoms with Crippen LogP contribution >= 0.6 is 0 Å². The number of hydrazine groups is 1. The van der Waals surface area contributed by atoms with Crippen molar-refractivity contribution in [2.75, 3.05) is 39.5 Å². The molecule has 0 aromatic carbocycles. The number of rotatable bonds is 10. The van der Waals surface area contributed by atoms with Crippen LogP contribution in [0.2, 0.25) is 0 Å². The van der Waals surface area contributed by atoms with Crippen molar-refractivity contribution < 1.29 is 41.7 Å². The van der Waals surface area contributed by atoms with Crippen molar-refractivity contribution in [2.24, 2.45) is 5.84 Å². The van der Waals surface area contributed by atoms with Crippen LogP contribution < -0.4 is 11.3 Å². The van der Waals surface area contributed by atoms with E-state index < -0.39 is 22.1 Å². The summed E-state index contributed by atoms with van der Waals surface area (Å²) in [6, 6.07) is 0. The first-order valence-corrected chi connectivity index (χ1v) is 9.76. The van der Waals surface area contributed by atoms with Gasteiger partial charge in [-0.3, -0.25) is 10.2 Å². The summed E-state index contributed by atoms with van der Waals surface area (Å²) in [7, 11) is -0.387. The molecule has 0 heterocycles. The van der Waals surface area contributed by atoms with E-state index in [-0.39, 0.29) is 18.3 Å². The number of hydrogen-bond acceptors (Lipinski definition) is 8. The number of likely N-dealkylation sites (N-methyl/N-ethyl adjacent to an activating group) is 1. The molecule has 0 aliphatic carbocycles. The van der Waals surface area contributed by atoms with Gasteiger partial charge in [-0.15, -0.1) is 0 Å². The highest BCUT2D eigenvalue weighted by Crippen LogP contribution is 2.02. The van der Waals surface area contributed by atoms with E-state index in [1.54, 1.807) is 6.92 Å². The maximum absolute atomic E-state index is 11.1. The molecule has 0 rings (SSSR count). The van der Waals surface area contributed by atoms with Gasteiger partial charge in [0.05, 0.1) is 30.8 Å². The molecule has 29 heavy (non-hydrogen) atoms. The predicted molar refractivity (Wildman–Crippen MR) is 107 cm³/mol. The van der Waals surface area contributed by atoms with Crippen LogP contribution in [0.1, 0.15) is 13.3 Å². The number of ether oxygens (including phenoxy) is 1. The smallest absolute Gasteiger partial charge is 0.333 e. The van der Waals surface area contributed by atoms with Crippen molar-refractivity contribution >= 4 is 28.0 Å². The molecule has 11 nitrogen and oxygen atoms in total. The fourth-order valence-electron chi connectivity index (χ4n) is 1.35. The lowest BCUT2D eigenvalue weighted by molar-refractivity contribution is -0.890. The first-order chi connectivity index (χ1) is 13.1. The van der Waals surface area contributed by atoms with E-state index >= 15 is 0 Å². The lowest BCUT2D eigenvalue weighted by Gasteiger charge is -2.29. The number of carboxylic acid groups (broad SMARTS) is 1. The van der Waals surface area contributed by atoms with Crippen molar-refractivity contribution in [3.05, 3.63) is 37.5 Å². The minimum absolute atomic E-state index is 0.239. The van der Waals surface area contributed by atoms with Crippen molar-refractivity contribution in [3.8, 4) is 0 Å². The Labute approximate surface area is 171 Å². The monoisotopic (exact) mass is 437 g/mol. The highest BCUT2D eigenvalue weighted by Gasteiger charge is 2.16. The Kier molecular flexibility index (Phi) is 17.6. The van der Waals surface area contributed by atoms with E-state index in [4.69, 9.17) is 9.84 Å². The molecule has 0 radical (unpaired) electrons. The number of nitrogens with two attached hydrogens (primary N) is 1. The van der Waals surface area contributed by atoms with E-state index in [2.05, 4.69) is 25.6 Å². The zero-order chi connectivity index (χ0) is 23.7. The van der Waals surface area contributed by atoms with Gasteiger partial charge in [-0.2, -0.15) is 0 Å². The number of hydrogen-bond donors (Lipinski definition) is 3. The van der Waals surface area contributed by atoms with E-state index in [1.165, 1.54) is 0 Å². The van der Waals surface area contributed by atoms with E-state index in [1.807, 2.05) is 19.5 Å². The third-order valence-corrected chi connectivity index (χ3v) is 3.73. The van der Waals surface area contributed by atoms with Gasteiger partial charge in [0.25, 0.3) is 5.91 Å². The highest BCUT2D eigenvalue weighted by atomic mass is 32.2. The van der Waals surface area contributed by atoms with E-state index in [0.29, 0.717) is 29.6 Å². The molecule has 0 unspecified atom stereocenters. The number of carbonyl (C=O) groups excluding carboxylic acids is 2. The Morgan fingerprint density at radius 3 is 1.97 bits per heavy atom. The average Bonchev–Trinajstić information content (AvgIpc) is 2.60. The number of amides is 1. The number of esters is 1. The highest BCUT2D eigenvalue weighted by molar-refractivity contribution is 7.85. The fourth-order valence-corrected chi connectivity index (χ4v) is 1.83. The molecule has 0 saturated heterocycles. The van der Waals surface area contributed by atoms with Gasteiger partial charge in [-0.1, -0.05) is 19.7 Å². The second-order valence-electron chi connectivity index (χ2n) is 6.17. The molecule has 1 amide bonds. The summed E-state index contributed by atoms with van der Waals surface area (Å²) in [6.07, 6.45) is 2.23. The number of carboxylic acids is 1. The normalized spacial score (nSPS) is 10.1. The quantitative estimate of drug-likeness (QED) is 0.0776. The molecule has 0 saturated carbocycles. The standard InChI is InChI=1S/C11H21NO5S.C3H6N2O.C3H4O2/c1-10(2)11(13)17-8-7-12(3,4)6-5-9-18(14,15)16;1-2-3(6)5-4;1-2-3(4)5/h1,5-9H2,2-4H3;2H,1,4H2,(H,5,6);2H,1H2,(H,4,5). The van der Waals surface area contributed by atoms with Crippen molar-refractivity contribution in [1.82, 2.24) is 5.43 Å². The maximum Gasteiger partial charge on any atom is 0.333 e. The second kappa shape index (κ2) is 16.4. The molecule has 0 bridgehead atoms. The third-order valence-electron chi connectivity index (χ3n) is 2.94. The minimum Gasteiger partial charge on any atom is -0.748 e. The van der Waals surface area contributed by atoms with Gasteiger partial charge in [-0.05, 0) is 13.0 Å². The second-order valence-corrected chi connectivity index (χ2v) is 7.69. The molecule has 4 N–H and O–H groups in total. The van der Waals surface area contributed by atoms with Crippen LogP contribution in [0.15, 0.2) is 37.5 Å². The summed E-state index contributed by atoms with van der Waals surface area (Å²) in [5.41, 5.74) is 2.20.